The van der Waals surface area contributed by atoms with E-state index in [0.29, 0.717) is 28.8 Å². The van der Waals surface area contributed by atoms with E-state index >= 15 is 0 Å². The molecular weight excluding hydrogens is 419 g/mol. The van der Waals surface area contributed by atoms with Gasteiger partial charge in [-0.25, -0.2) is 4.39 Å². The summed E-state index contributed by atoms with van der Waals surface area (Å²) in [7, 11) is 0. The Labute approximate surface area is 188 Å². The normalized spacial score (nSPS) is 15.5. The first kappa shape index (κ1) is 19.5. The Bertz CT molecular complexity index is 1620. The molecule has 0 saturated carbocycles. The van der Waals surface area contributed by atoms with Gasteiger partial charge in [-0.1, -0.05) is 30.3 Å². The number of anilines is 1. The highest BCUT2D eigenvalue weighted by Gasteiger charge is 2.30. The Morgan fingerprint density at radius 1 is 1.00 bits per heavy atom. The maximum atomic E-state index is 13.8. The summed E-state index contributed by atoms with van der Waals surface area (Å²) in [5.41, 5.74) is 4.14. The summed E-state index contributed by atoms with van der Waals surface area (Å²) in [6.45, 7) is 0.463. The Hall–Kier alpha value is -4.19. The van der Waals surface area contributed by atoms with Gasteiger partial charge in [0.25, 0.3) is 0 Å². The van der Waals surface area contributed by atoms with E-state index in [0.717, 1.165) is 22.0 Å². The first-order valence-electron chi connectivity index (χ1n) is 10.7. The summed E-state index contributed by atoms with van der Waals surface area (Å²) >= 11 is 0. The Kier molecular flexibility index (Phi) is 4.40. The standard InChI is InChI=1S/C27H19FN2O3/c28-17-6-3-5-16(11-17)13-30-14-20-19(12-25(31)29-22-8-4-9-23(30)26(20)22)21-15-33-24-10-2-1-7-18(24)27(21)32/h1-11,14-15,19H,12-13H2,(H,29,31)/t19-/m1/s1. The fourth-order valence-electron chi connectivity index (χ4n) is 4.82. The zero-order chi connectivity index (χ0) is 22.5. The van der Waals surface area contributed by atoms with Gasteiger partial charge in [0.05, 0.1) is 22.9 Å². The molecule has 6 rings (SSSR count). The van der Waals surface area contributed by atoms with Gasteiger partial charge >= 0.3 is 0 Å². The lowest BCUT2D eigenvalue weighted by atomic mass is 9.89. The number of nitrogens with one attached hydrogen (secondary N) is 1. The van der Waals surface area contributed by atoms with Crippen molar-refractivity contribution in [3.05, 3.63) is 112 Å². The summed E-state index contributed by atoms with van der Waals surface area (Å²) in [6, 6.07) is 19.3. The van der Waals surface area contributed by atoms with Crippen LogP contribution in [0.25, 0.3) is 21.9 Å². The molecule has 3 heterocycles. The largest absolute Gasteiger partial charge is 0.464 e. The lowest BCUT2D eigenvalue weighted by molar-refractivity contribution is -0.116. The smallest absolute Gasteiger partial charge is 0.225 e. The van der Waals surface area contributed by atoms with Crippen LogP contribution in [0.15, 0.2) is 88.4 Å². The third-order valence-electron chi connectivity index (χ3n) is 6.30. The first-order valence-corrected chi connectivity index (χ1v) is 10.7. The number of fused-ring (bicyclic) bond motifs is 1. The minimum absolute atomic E-state index is 0.122. The van der Waals surface area contributed by atoms with Crippen molar-refractivity contribution in [2.45, 2.75) is 18.9 Å². The number of amides is 1. The van der Waals surface area contributed by atoms with Gasteiger partial charge < -0.3 is 14.3 Å². The molecule has 6 heteroatoms. The maximum Gasteiger partial charge on any atom is 0.225 e. The van der Waals surface area contributed by atoms with E-state index in [4.69, 9.17) is 4.42 Å². The highest BCUT2D eigenvalue weighted by Crippen LogP contribution is 2.40. The predicted octanol–water partition coefficient (Wildman–Crippen LogP) is 5.41. The van der Waals surface area contributed by atoms with E-state index in [9.17, 15) is 14.0 Å². The molecule has 162 valence electrons. The number of halogens is 1. The summed E-state index contributed by atoms with van der Waals surface area (Å²) in [5, 5.41) is 4.36. The van der Waals surface area contributed by atoms with Crippen molar-refractivity contribution in [2.75, 3.05) is 5.32 Å². The van der Waals surface area contributed by atoms with Crippen molar-refractivity contribution in [1.29, 1.82) is 0 Å². The number of hydrogen-bond donors (Lipinski definition) is 1. The van der Waals surface area contributed by atoms with Gasteiger partial charge in [-0.3, -0.25) is 9.59 Å². The van der Waals surface area contributed by atoms with Crippen LogP contribution in [-0.4, -0.2) is 10.5 Å². The summed E-state index contributed by atoms with van der Waals surface area (Å²) in [5.74, 6) is -0.913. The van der Waals surface area contributed by atoms with Crippen molar-refractivity contribution >= 4 is 33.5 Å². The molecule has 0 radical (unpaired) electrons. The van der Waals surface area contributed by atoms with Crippen molar-refractivity contribution in [1.82, 2.24) is 4.57 Å². The molecule has 0 fully saturated rings. The number of benzene rings is 3. The zero-order valence-electron chi connectivity index (χ0n) is 17.5. The van der Waals surface area contributed by atoms with Crippen molar-refractivity contribution in [3.63, 3.8) is 0 Å². The summed E-state index contributed by atoms with van der Waals surface area (Å²) in [6.07, 6.45) is 3.57. The number of nitrogens with zero attached hydrogens (tertiary/aromatic N) is 1. The van der Waals surface area contributed by atoms with Crippen LogP contribution in [0.2, 0.25) is 0 Å². The number of rotatable bonds is 3. The van der Waals surface area contributed by atoms with Crippen molar-refractivity contribution in [3.8, 4) is 0 Å². The van der Waals surface area contributed by atoms with Gasteiger partial charge in [0.15, 0.2) is 5.43 Å². The molecule has 0 aliphatic carbocycles. The van der Waals surface area contributed by atoms with Crippen LogP contribution in [0, 0.1) is 5.82 Å². The first-order chi connectivity index (χ1) is 16.1. The third kappa shape index (κ3) is 3.22. The minimum Gasteiger partial charge on any atom is -0.464 e. The topological polar surface area (TPSA) is 64.2 Å². The molecule has 5 aromatic rings. The average Bonchev–Trinajstić information content (AvgIpc) is 3.10. The van der Waals surface area contributed by atoms with Gasteiger partial charge in [0.1, 0.15) is 11.4 Å². The summed E-state index contributed by atoms with van der Waals surface area (Å²) < 4.78 is 21.6. The molecule has 1 atom stereocenters. The Morgan fingerprint density at radius 2 is 1.85 bits per heavy atom. The van der Waals surface area contributed by atoms with Gasteiger partial charge in [0.2, 0.25) is 5.91 Å². The highest BCUT2D eigenvalue weighted by atomic mass is 19.1. The van der Waals surface area contributed by atoms with Crippen LogP contribution >= 0.6 is 0 Å². The summed E-state index contributed by atoms with van der Waals surface area (Å²) in [4.78, 5) is 26.1. The second-order valence-electron chi connectivity index (χ2n) is 8.36. The molecule has 3 aromatic carbocycles. The number of hydrogen-bond acceptors (Lipinski definition) is 3. The van der Waals surface area contributed by atoms with Crippen LogP contribution in [0.1, 0.15) is 29.0 Å². The SMILES string of the molecule is O=C1C[C@@H](c2coc3ccccc3c2=O)c2cn(Cc3cccc(F)c3)c3cccc(c23)N1. The molecule has 0 spiro atoms. The Morgan fingerprint density at radius 3 is 2.73 bits per heavy atom. The highest BCUT2D eigenvalue weighted by molar-refractivity contribution is 6.06. The van der Waals surface area contributed by atoms with Gasteiger partial charge in [-0.05, 0) is 47.5 Å². The Balaban J connectivity index is 1.57. The fraction of sp³-hybridized carbons (Fsp3) is 0.111. The molecule has 0 unspecified atom stereocenters. The number of aromatic nitrogens is 1. The van der Waals surface area contributed by atoms with Crippen LogP contribution in [-0.2, 0) is 11.3 Å². The van der Waals surface area contributed by atoms with Crippen LogP contribution < -0.4 is 10.7 Å². The van der Waals surface area contributed by atoms with E-state index in [1.807, 2.05) is 41.1 Å². The second kappa shape index (κ2) is 7.45. The molecule has 1 N–H and O–H groups in total. The van der Waals surface area contributed by atoms with Gasteiger partial charge in [-0.2, -0.15) is 0 Å². The molecule has 33 heavy (non-hydrogen) atoms. The molecular formula is C27H19FN2O3. The van der Waals surface area contributed by atoms with E-state index in [2.05, 4.69) is 5.32 Å². The molecule has 5 nitrogen and oxygen atoms in total. The second-order valence-corrected chi connectivity index (χ2v) is 8.36. The van der Waals surface area contributed by atoms with Crippen molar-refractivity contribution < 1.29 is 13.6 Å². The number of carbonyl (C=O) groups is 1. The fourth-order valence-corrected chi connectivity index (χ4v) is 4.82. The number of para-hydroxylation sites is 1. The minimum atomic E-state index is -0.467. The lowest BCUT2D eigenvalue weighted by Gasteiger charge is -2.14. The molecule has 0 saturated heterocycles. The van der Waals surface area contributed by atoms with Crippen molar-refractivity contribution in [2.24, 2.45) is 0 Å². The molecule has 1 amide bonds. The zero-order valence-corrected chi connectivity index (χ0v) is 17.5. The van der Waals surface area contributed by atoms with E-state index in [1.54, 1.807) is 24.3 Å². The average molecular weight is 438 g/mol. The van der Waals surface area contributed by atoms with E-state index in [-0.39, 0.29) is 23.6 Å². The molecule has 1 aliphatic rings. The predicted molar refractivity (Wildman–Crippen MR) is 125 cm³/mol. The number of carbonyl (C=O) groups excluding carboxylic acids is 1. The van der Waals surface area contributed by atoms with Gasteiger partial charge in [0, 0.05) is 36.0 Å². The monoisotopic (exact) mass is 438 g/mol. The van der Waals surface area contributed by atoms with Gasteiger partial charge in [-0.15, -0.1) is 0 Å². The maximum absolute atomic E-state index is 13.8. The quantitative estimate of drug-likeness (QED) is 0.410. The van der Waals surface area contributed by atoms with Crippen LogP contribution in [0.5, 0.6) is 0 Å². The lowest BCUT2D eigenvalue weighted by Crippen LogP contribution is -2.19. The third-order valence-corrected chi connectivity index (χ3v) is 6.30. The van der Waals surface area contributed by atoms with E-state index < -0.39 is 5.92 Å². The van der Waals surface area contributed by atoms with E-state index in [1.165, 1.54) is 18.4 Å². The molecule has 0 bridgehead atoms. The van der Waals surface area contributed by atoms with Crippen LogP contribution in [0.4, 0.5) is 10.1 Å². The molecule has 2 aromatic heterocycles. The molecule has 1 aliphatic heterocycles. The van der Waals surface area contributed by atoms with Crippen LogP contribution in [0.3, 0.4) is 0 Å².